The van der Waals surface area contributed by atoms with Gasteiger partial charge in [-0.3, -0.25) is 9.78 Å². The Balaban J connectivity index is 1.71. The lowest BCUT2D eigenvalue weighted by Gasteiger charge is -2.13. The van der Waals surface area contributed by atoms with E-state index in [4.69, 9.17) is 0 Å². The van der Waals surface area contributed by atoms with E-state index in [-0.39, 0.29) is 5.91 Å². The van der Waals surface area contributed by atoms with Crippen molar-refractivity contribution in [1.82, 2.24) is 10.3 Å². The van der Waals surface area contributed by atoms with E-state index in [9.17, 15) is 4.79 Å². The van der Waals surface area contributed by atoms with Crippen molar-refractivity contribution >= 4 is 35.1 Å². The van der Waals surface area contributed by atoms with Gasteiger partial charge in [0.2, 0.25) is 0 Å². The summed E-state index contributed by atoms with van der Waals surface area (Å²) in [6.45, 7) is 4.76. The van der Waals surface area contributed by atoms with Gasteiger partial charge < -0.3 is 5.32 Å². The molecule has 0 saturated carbocycles. The summed E-state index contributed by atoms with van der Waals surface area (Å²) in [5.41, 5.74) is 3.62. The summed E-state index contributed by atoms with van der Waals surface area (Å²) in [5.74, 6) is 0.869. The average molecular weight is 316 g/mol. The van der Waals surface area contributed by atoms with Gasteiger partial charge in [-0.1, -0.05) is 6.07 Å². The summed E-state index contributed by atoms with van der Waals surface area (Å²) in [6.07, 6.45) is 3.75. The maximum Gasteiger partial charge on any atom is 0.258 e. The molecular formula is C16H16N2OS2. The van der Waals surface area contributed by atoms with Crippen molar-refractivity contribution in [2.45, 2.75) is 26.1 Å². The van der Waals surface area contributed by atoms with Crippen molar-refractivity contribution in [3.8, 4) is 0 Å². The van der Waals surface area contributed by atoms with Crippen molar-refractivity contribution in [3.63, 3.8) is 0 Å². The standard InChI is InChI=1S/C16H16N2OS2/c1-10-11(2)21-14-7-15(20-9-13(10)14)16(19)18-8-12-5-3-4-6-17-12/h3-7H,8-9H2,1-2H3,(H,18,19). The molecule has 0 bridgehead atoms. The van der Waals surface area contributed by atoms with Gasteiger partial charge >= 0.3 is 0 Å². The zero-order chi connectivity index (χ0) is 14.8. The molecule has 1 amide bonds. The quantitative estimate of drug-likeness (QED) is 0.939. The van der Waals surface area contributed by atoms with Gasteiger partial charge in [-0.2, -0.15) is 0 Å². The second-order valence-electron chi connectivity index (χ2n) is 4.93. The van der Waals surface area contributed by atoms with Crippen LogP contribution in [-0.2, 0) is 17.1 Å². The number of fused-ring (bicyclic) bond motifs is 1. The van der Waals surface area contributed by atoms with Gasteiger partial charge in [0, 0.05) is 21.7 Å². The third kappa shape index (κ3) is 3.04. The second kappa shape index (κ2) is 6.03. The summed E-state index contributed by atoms with van der Waals surface area (Å²) in [5, 5.41) is 2.93. The summed E-state index contributed by atoms with van der Waals surface area (Å²) in [6, 6.07) is 5.70. The molecule has 21 heavy (non-hydrogen) atoms. The Bertz CT molecular complexity index is 705. The van der Waals surface area contributed by atoms with E-state index < -0.39 is 0 Å². The first kappa shape index (κ1) is 14.4. The van der Waals surface area contributed by atoms with Crippen LogP contribution in [0.3, 0.4) is 0 Å². The van der Waals surface area contributed by atoms with Crippen LogP contribution in [0.2, 0.25) is 0 Å². The smallest absolute Gasteiger partial charge is 0.258 e. The summed E-state index contributed by atoms with van der Waals surface area (Å²) < 4.78 is 0. The molecule has 3 nitrogen and oxygen atoms in total. The zero-order valence-corrected chi connectivity index (χ0v) is 13.6. The highest BCUT2D eigenvalue weighted by Gasteiger charge is 2.20. The van der Waals surface area contributed by atoms with Crippen LogP contribution in [0.15, 0.2) is 29.3 Å². The first-order chi connectivity index (χ1) is 10.1. The first-order valence-corrected chi connectivity index (χ1v) is 8.57. The van der Waals surface area contributed by atoms with E-state index in [1.54, 1.807) is 29.3 Å². The minimum Gasteiger partial charge on any atom is -0.346 e. The number of hydrogen-bond donors (Lipinski definition) is 1. The molecule has 0 radical (unpaired) electrons. The average Bonchev–Trinajstić information content (AvgIpc) is 2.80. The van der Waals surface area contributed by atoms with Crippen LogP contribution in [0, 0.1) is 13.8 Å². The fourth-order valence-corrected chi connectivity index (χ4v) is 4.57. The Labute approximate surface area is 132 Å². The van der Waals surface area contributed by atoms with Gasteiger partial charge in [-0.15, -0.1) is 23.1 Å². The fourth-order valence-electron chi connectivity index (χ4n) is 2.20. The molecule has 1 N–H and O–H groups in total. The highest BCUT2D eigenvalue weighted by Crippen LogP contribution is 2.39. The molecule has 0 aromatic carbocycles. The highest BCUT2D eigenvalue weighted by atomic mass is 32.2. The molecule has 0 unspecified atom stereocenters. The fraction of sp³-hybridized carbons (Fsp3) is 0.250. The zero-order valence-electron chi connectivity index (χ0n) is 12.0. The topological polar surface area (TPSA) is 42.0 Å². The molecule has 5 heteroatoms. The highest BCUT2D eigenvalue weighted by molar-refractivity contribution is 8.03. The largest absolute Gasteiger partial charge is 0.346 e. The maximum atomic E-state index is 12.2. The number of aromatic nitrogens is 1. The van der Waals surface area contributed by atoms with E-state index >= 15 is 0 Å². The van der Waals surface area contributed by atoms with Crippen LogP contribution in [-0.4, -0.2) is 10.9 Å². The van der Waals surface area contributed by atoms with Crippen molar-refractivity contribution in [2.24, 2.45) is 0 Å². The number of aryl methyl sites for hydroxylation is 1. The molecular weight excluding hydrogens is 300 g/mol. The van der Waals surface area contributed by atoms with Crippen LogP contribution in [0.25, 0.3) is 6.08 Å². The number of hydrogen-bond acceptors (Lipinski definition) is 4. The predicted octanol–water partition coefficient (Wildman–Crippen LogP) is 3.66. The van der Waals surface area contributed by atoms with Crippen LogP contribution in [0.1, 0.15) is 26.6 Å². The van der Waals surface area contributed by atoms with E-state index in [1.807, 2.05) is 24.3 Å². The predicted molar refractivity (Wildman–Crippen MR) is 89.1 cm³/mol. The van der Waals surface area contributed by atoms with E-state index in [2.05, 4.69) is 24.1 Å². The number of carbonyl (C=O) groups excluding carboxylic acids is 1. The number of carbonyl (C=O) groups is 1. The second-order valence-corrected chi connectivity index (χ2v) is 7.20. The van der Waals surface area contributed by atoms with Gasteiger partial charge in [0.1, 0.15) is 0 Å². The molecule has 2 aromatic rings. The van der Waals surface area contributed by atoms with Crippen LogP contribution in [0.4, 0.5) is 0 Å². The Hall–Kier alpha value is -1.59. The minimum absolute atomic E-state index is 0.0139. The SMILES string of the molecule is Cc1sc2c(c1C)CSC(C(=O)NCc1ccccn1)=C2. The third-order valence-corrected chi connectivity index (χ3v) is 5.80. The Kier molecular flexibility index (Phi) is 4.12. The molecule has 0 fully saturated rings. The lowest BCUT2D eigenvalue weighted by atomic mass is 10.1. The lowest BCUT2D eigenvalue weighted by molar-refractivity contribution is -0.116. The normalized spacial score (nSPS) is 13.5. The van der Waals surface area contributed by atoms with Gasteiger partial charge in [0.05, 0.1) is 17.1 Å². The van der Waals surface area contributed by atoms with Crippen molar-refractivity contribution in [1.29, 1.82) is 0 Å². The Morgan fingerprint density at radius 2 is 2.24 bits per heavy atom. The lowest BCUT2D eigenvalue weighted by Crippen LogP contribution is -2.24. The maximum absolute atomic E-state index is 12.2. The molecule has 3 heterocycles. The number of nitrogens with zero attached hydrogens (tertiary/aromatic N) is 1. The van der Waals surface area contributed by atoms with Gasteiger partial charge in [-0.25, -0.2) is 0 Å². The molecule has 108 valence electrons. The van der Waals surface area contributed by atoms with E-state index in [0.717, 1.165) is 16.4 Å². The minimum atomic E-state index is -0.0139. The van der Waals surface area contributed by atoms with Crippen molar-refractivity contribution in [3.05, 3.63) is 55.9 Å². The molecule has 0 aliphatic carbocycles. The number of pyridine rings is 1. The van der Waals surface area contributed by atoms with Gasteiger partial charge in [-0.05, 0) is 43.2 Å². The van der Waals surface area contributed by atoms with Crippen LogP contribution < -0.4 is 5.32 Å². The molecule has 0 atom stereocenters. The Morgan fingerprint density at radius 3 is 3.00 bits per heavy atom. The van der Waals surface area contributed by atoms with Crippen molar-refractivity contribution in [2.75, 3.05) is 0 Å². The van der Waals surface area contributed by atoms with Crippen LogP contribution in [0.5, 0.6) is 0 Å². The molecule has 0 spiro atoms. The van der Waals surface area contributed by atoms with Crippen molar-refractivity contribution < 1.29 is 4.79 Å². The van der Waals surface area contributed by atoms with Gasteiger partial charge in [0.25, 0.3) is 5.91 Å². The molecule has 2 aromatic heterocycles. The molecule has 3 rings (SSSR count). The summed E-state index contributed by atoms with van der Waals surface area (Å²) >= 11 is 3.38. The van der Waals surface area contributed by atoms with Crippen LogP contribution >= 0.6 is 23.1 Å². The molecule has 0 saturated heterocycles. The van der Waals surface area contributed by atoms with E-state index in [1.165, 1.54) is 20.9 Å². The van der Waals surface area contributed by atoms with E-state index in [0.29, 0.717) is 6.54 Å². The molecule has 1 aliphatic rings. The third-order valence-electron chi connectivity index (χ3n) is 3.56. The summed E-state index contributed by atoms with van der Waals surface area (Å²) in [7, 11) is 0. The first-order valence-electron chi connectivity index (χ1n) is 6.76. The number of amides is 1. The monoisotopic (exact) mass is 316 g/mol. The van der Waals surface area contributed by atoms with Gasteiger partial charge in [0.15, 0.2) is 0 Å². The number of nitrogens with one attached hydrogen (secondary N) is 1. The Morgan fingerprint density at radius 1 is 1.38 bits per heavy atom. The number of thiophene rings is 1. The number of rotatable bonds is 3. The summed E-state index contributed by atoms with van der Waals surface area (Å²) in [4.78, 5) is 19.8. The number of thioether (sulfide) groups is 1. The molecule has 1 aliphatic heterocycles.